The fourth-order valence-electron chi connectivity index (χ4n) is 1.31. The SMILES string of the molecule is O=C(O)c1cc(SCc2ncccn2)ccc1Cl. The summed E-state index contributed by atoms with van der Waals surface area (Å²) in [6.45, 7) is 0. The van der Waals surface area contributed by atoms with Crippen LogP contribution in [-0.2, 0) is 5.75 Å². The van der Waals surface area contributed by atoms with E-state index in [-0.39, 0.29) is 10.6 Å². The van der Waals surface area contributed by atoms with Crippen LogP contribution >= 0.6 is 23.4 Å². The monoisotopic (exact) mass is 280 g/mol. The van der Waals surface area contributed by atoms with Crippen molar-refractivity contribution in [3.8, 4) is 0 Å². The third kappa shape index (κ3) is 3.21. The number of carbonyl (C=O) groups is 1. The molecule has 0 atom stereocenters. The first kappa shape index (κ1) is 12.9. The number of aromatic carboxylic acids is 1. The molecule has 0 aliphatic rings. The molecule has 1 N–H and O–H groups in total. The van der Waals surface area contributed by atoms with Gasteiger partial charge in [-0.3, -0.25) is 0 Å². The Morgan fingerprint density at radius 1 is 1.33 bits per heavy atom. The van der Waals surface area contributed by atoms with Gasteiger partial charge in [-0.15, -0.1) is 11.8 Å². The second-order valence-electron chi connectivity index (χ2n) is 3.40. The molecule has 0 bridgehead atoms. The van der Waals surface area contributed by atoms with Crippen LogP contribution in [0.1, 0.15) is 16.2 Å². The Balaban J connectivity index is 2.11. The van der Waals surface area contributed by atoms with E-state index >= 15 is 0 Å². The zero-order valence-electron chi connectivity index (χ0n) is 9.21. The van der Waals surface area contributed by atoms with E-state index < -0.39 is 5.97 Å². The minimum atomic E-state index is -1.03. The summed E-state index contributed by atoms with van der Waals surface area (Å²) in [4.78, 5) is 19.9. The molecule has 0 unspecified atom stereocenters. The van der Waals surface area contributed by atoms with Gasteiger partial charge in [0.25, 0.3) is 0 Å². The largest absolute Gasteiger partial charge is 0.478 e. The molecule has 0 fully saturated rings. The molecule has 0 aliphatic carbocycles. The Bertz CT molecular complexity index is 563. The zero-order valence-corrected chi connectivity index (χ0v) is 10.8. The molecule has 92 valence electrons. The summed E-state index contributed by atoms with van der Waals surface area (Å²) in [6, 6.07) is 6.67. The molecule has 0 amide bonds. The molecule has 1 heterocycles. The van der Waals surface area contributed by atoms with Crippen LogP contribution < -0.4 is 0 Å². The lowest BCUT2D eigenvalue weighted by Gasteiger charge is -2.03. The van der Waals surface area contributed by atoms with E-state index in [9.17, 15) is 4.79 Å². The zero-order chi connectivity index (χ0) is 13.0. The molecule has 0 aliphatic heterocycles. The van der Waals surface area contributed by atoms with Crippen molar-refractivity contribution in [3.63, 3.8) is 0 Å². The summed E-state index contributed by atoms with van der Waals surface area (Å²) in [5.74, 6) is 0.259. The molecule has 1 aromatic heterocycles. The van der Waals surface area contributed by atoms with Gasteiger partial charge >= 0.3 is 5.97 Å². The highest BCUT2D eigenvalue weighted by atomic mass is 35.5. The van der Waals surface area contributed by atoms with Crippen molar-refractivity contribution in [2.24, 2.45) is 0 Å². The van der Waals surface area contributed by atoms with Gasteiger partial charge in [-0.05, 0) is 24.3 Å². The lowest BCUT2D eigenvalue weighted by molar-refractivity contribution is 0.0697. The van der Waals surface area contributed by atoms with Crippen LogP contribution in [0.25, 0.3) is 0 Å². The minimum absolute atomic E-state index is 0.107. The summed E-state index contributed by atoms with van der Waals surface area (Å²) >= 11 is 7.26. The van der Waals surface area contributed by atoms with Crippen LogP contribution in [0, 0.1) is 0 Å². The van der Waals surface area contributed by atoms with Gasteiger partial charge in [0.1, 0.15) is 5.82 Å². The van der Waals surface area contributed by atoms with Crippen molar-refractivity contribution in [3.05, 3.63) is 53.1 Å². The van der Waals surface area contributed by atoms with Gasteiger partial charge in [0.15, 0.2) is 0 Å². The van der Waals surface area contributed by atoms with Crippen molar-refractivity contribution < 1.29 is 9.90 Å². The van der Waals surface area contributed by atoms with Gasteiger partial charge in [0.05, 0.1) is 16.3 Å². The highest BCUT2D eigenvalue weighted by Gasteiger charge is 2.09. The maximum Gasteiger partial charge on any atom is 0.337 e. The standard InChI is InChI=1S/C12H9ClN2O2S/c13-10-3-2-8(6-9(10)12(16)17)18-7-11-14-4-1-5-15-11/h1-6H,7H2,(H,16,17). The number of thioether (sulfide) groups is 1. The second-order valence-corrected chi connectivity index (χ2v) is 4.86. The Hall–Kier alpha value is -1.59. The molecule has 0 saturated heterocycles. The quantitative estimate of drug-likeness (QED) is 0.872. The molecule has 0 saturated carbocycles. The lowest BCUT2D eigenvalue weighted by Crippen LogP contribution is -1.97. The topological polar surface area (TPSA) is 63.1 Å². The number of nitrogens with zero attached hydrogens (tertiary/aromatic N) is 2. The molecule has 2 rings (SSSR count). The molecule has 18 heavy (non-hydrogen) atoms. The van der Waals surface area contributed by atoms with Crippen LogP contribution in [0.15, 0.2) is 41.6 Å². The number of aromatic nitrogens is 2. The van der Waals surface area contributed by atoms with E-state index in [0.29, 0.717) is 11.6 Å². The van der Waals surface area contributed by atoms with Crippen LogP contribution in [0.5, 0.6) is 0 Å². The first-order chi connectivity index (χ1) is 8.66. The predicted molar refractivity (Wildman–Crippen MR) is 70.0 cm³/mol. The van der Waals surface area contributed by atoms with Gasteiger partial charge in [-0.2, -0.15) is 0 Å². The number of halogens is 1. The van der Waals surface area contributed by atoms with E-state index in [0.717, 1.165) is 4.90 Å². The Morgan fingerprint density at radius 3 is 2.72 bits per heavy atom. The molecule has 6 heteroatoms. The maximum atomic E-state index is 10.9. The third-order valence-electron chi connectivity index (χ3n) is 2.16. The van der Waals surface area contributed by atoms with E-state index in [1.54, 1.807) is 36.7 Å². The average Bonchev–Trinajstić information content (AvgIpc) is 2.38. The van der Waals surface area contributed by atoms with Gasteiger partial charge in [0, 0.05) is 17.3 Å². The highest BCUT2D eigenvalue weighted by Crippen LogP contribution is 2.26. The average molecular weight is 281 g/mol. The maximum absolute atomic E-state index is 10.9. The van der Waals surface area contributed by atoms with Crippen LogP contribution in [-0.4, -0.2) is 21.0 Å². The number of hydrogen-bond donors (Lipinski definition) is 1. The number of rotatable bonds is 4. The predicted octanol–water partition coefficient (Wildman–Crippen LogP) is 3.12. The van der Waals surface area contributed by atoms with Crippen LogP contribution in [0.3, 0.4) is 0 Å². The van der Waals surface area contributed by atoms with E-state index in [2.05, 4.69) is 9.97 Å². The second kappa shape index (κ2) is 5.84. The van der Waals surface area contributed by atoms with Crippen molar-refractivity contribution in [2.45, 2.75) is 10.6 Å². The smallest absolute Gasteiger partial charge is 0.337 e. The lowest BCUT2D eigenvalue weighted by atomic mass is 10.2. The normalized spacial score (nSPS) is 10.3. The molecule has 4 nitrogen and oxygen atoms in total. The number of carboxylic acid groups (broad SMARTS) is 1. The summed E-state index contributed by atoms with van der Waals surface area (Å²) in [5.41, 5.74) is 0.107. The number of carboxylic acids is 1. The number of hydrogen-bond acceptors (Lipinski definition) is 4. The molecule has 0 radical (unpaired) electrons. The van der Waals surface area contributed by atoms with Crippen molar-refractivity contribution in [1.29, 1.82) is 0 Å². The first-order valence-corrected chi connectivity index (χ1v) is 6.44. The van der Waals surface area contributed by atoms with Crippen LogP contribution in [0.4, 0.5) is 0 Å². The molecule has 1 aromatic carbocycles. The van der Waals surface area contributed by atoms with Gasteiger partial charge in [-0.25, -0.2) is 14.8 Å². The van der Waals surface area contributed by atoms with Crippen LogP contribution in [0.2, 0.25) is 5.02 Å². The Kier molecular flexibility index (Phi) is 4.17. The summed E-state index contributed by atoms with van der Waals surface area (Å²) in [7, 11) is 0. The third-order valence-corrected chi connectivity index (χ3v) is 3.47. The van der Waals surface area contributed by atoms with Crippen molar-refractivity contribution in [2.75, 3.05) is 0 Å². The molecular formula is C12H9ClN2O2S. The summed E-state index contributed by atoms with van der Waals surface area (Å²) in [6.07, 6.45) is 3.35. The van der Waals surface area contributed by atoms with Gasteiger partial charge in [-0.1, -0.05) is 11.6 Å². The van der Waals surface area contributed by atoms with Crippen molar-refractivity contribution >= 4 is 29.3 Å². The van der Waals surface area contributed by atoms with Gasteiger partial charge < -0.3 is 5.11 Å². The molecule has 2 aromatic rings. The van der Waals surface area contributed by atoms with E-state index in [1.165, 1.54) is 11.8 Å². The van der Waals surface area contributed by atoms with Crippen molar-refractivity contribution in [1.82, 2.24) is 9.97 Å². The summed E-state index contributed by atoms with van der Waals surface area (Å²) in [5, 5.41) is 9.20. The van der Waals surface area contributed by atoms with E-state index in [4.69, 9.17) is 16.7 Å². The molecule has 0 spiro atoms. The Morgan fingerprint density at radius 2 is 2.06 bits per heavy atom. The van der Waals surface area contributed by atoms with E-state index in [1.807, 2.05) is 0 Å². The fraction of sp³-hybridized carbons (Fsp3) is 0.0833. The minimum Gasteiger partial charge on any atom is -0.478 e. The first-order valence-electron chi connectivity index (χ1n) is 5.08. The number of benzene rings is 1. The van der Waals surface area contributed by atoms with Gasteiger partial charge in [0.2, 0.25) is 0 Å². The summed E-state index contributed by atoms with van der Waals surface area (Å²) < 4.78 is 0. The fourth-order valence-corrected chi connectivity index (χ4v) is 2.32. The highest BCUT2D eigenvalue weighted by molar-refractivity contribution is 7.98. The Labute approximate surface area is 113 Å². The molecular weight excluding hydrogens is 272 g/mol.